The van der Waals surface area contributed by atoms with E-state index >= 15 is 0 Å². The number of nitrogens with zero attached hydrogens (tertiary/aromatic N) is 4. The van der Waals surface area contributed by atoms with Crippen LogP contribution in [0.15, 0.2) is 214 Å². The molecule has 12 rings (SSSR count). The number of hydrogen-bond donors (Lipinski definition) is 2. The fourth-order valence-corrected chi connectivity index (χ4v) is 14.9. The molecular formula is C83H70Cl2N4O10S4. The van der Waals surface area contributed by atoms with Crippen molar-refractivity contribution in [2.75, 3.05) is 46.0 Å². The van der Waals surface area contributed by atoms with Crippen molar-refractivity contribution < 1.29 is 39.2 Å². The van der Waals surface area contributed by atoms with Crippen molar-refractivity contribution in [1.29, 1.82) is 0 Å². The number of aryl methyl sites for hydroxylation is 4. The topological polar surface area (TPSA) is 204 Å². The minimum atomic E-state index is -0.661. The number of nitro benzene ring substituents is 2. The van der Waals surface area contributed by atoms with Crippen molar-refractivity contribution in [2.45, 2.75) is 35.1 Å². The van der Waals surface area contributed by atoms with Gasteiger partial charge in [-0.3, -0.25) is 39.4 Å². The molecule has 0 spiro atoms. The van der Waals surface area contributed by atoms with E-state index in [9.17, 15) is 49.6 Å². The van der Waals surface area contributed by atoms with Gasteiger partial charge in [-0.25, -0.2) is 9.69 Å². The summed E-state index contributed by atoms with van der Waals surface area (Å²) in [6.07, 6.45) is 14.8. The summed E-state index contributed by atoms with van der Waals surface area (Å²) >= 11 is 18.6. The molecule has 4 fully saturated rings. The summed E-state index contributed by atoms with van der Waals surface area (Å²) in [6.45, 7) is 21.9. The number of rotatable bonds is 10. The number of halogens is 2. The minimum Gasteiger partial charge on any atom is -0.508 e. The molecule has 8 aromatic carbocycles. The number of hydrogen-bond acceptors (Lipinski definition) is 14. The molecule has 4 saturated heterocycles. The van der Waals surface area contributed by atoms with Crippen molar-refractivity contribution in [3.8, 4) is 11.5 Å². The van der Waals surface area contributed by atoms with Crippen LogP contribution in [0.1, 0.15) is 74.2 Å². The quantitative estimate of drug-likeness (QED) is 0.0566. The molecule has 4 aliphatic rings. The van der Waals surface area contributed by atoms with Gasteiger partial charge >= 0.3 is 5.69 Å². The Morgan fingerprint density at radius 2 is 0.718 bits per heavy atom. The van der Waals surface area contributed by atoms with Crippen LogP contribution in [0.2, 0.25) is 10.0 Å². The van der Waals surface area contributed by atoms with Gasteiger partial charge < -0.3 is 10.2 Å². The molecule has 14 nitrogen and oxygen atoms in total. The molecule has 0 aromatic heterocycles. The molecule has 8 aromatic rings. The zero-order chi connectivity index (χ0) is 73.0. The normalized spacial score (nSPS) is 17.5. The van der Waals surface area contributed by atoms with E-state index in [0.717, 1.165) is 84.1 Å². The minimum absolute atomic E-state index is 0. The van der Waals surface area contributed by atoms with E-state index in [4.69, 9.17) is 36.3 Å². The molecule has 0 atom stereocenters. The predicted octanol–water partition coefficient (Wildman–Crippen LogP) is 21.4. The van der Waals surface area contributed by atoms with E-state index in [1.807, 2.05) is 116 Å². The molecule has 4 heterocycles. The van der Waals surface area contributed by atoms with Crippen LogP contribution in [0.3, 0.4) is 0 Å². The second-order valence-electron chi connectivity index (χ2n) is 23.9. The van der Waals surface area contributed by atoms with Crippen molar-refractivity contribution in [3.63, 3.8) is 0 Å². The number of thioether (sulfide) groups is 4. The first-order valence-electron chi connectivity index (χ1n) is 31.7. The number of aromatic hydroxyl groups is 2. The molecule has 0 bridgehead atoms. The molecule has 0 saturated carbocycles. The Morgan fingerprint density at radius 1 is 0.369 bits per heavy atom. The number of phenols is 2. The number of carbonyl (C=O) groups is 4. The number of phenolic OH excluding ortho intramolecular Hbond substituents is 2. The number of nitro groups is 2. The second-order valence-corrected chi connectivity index (χ2v) is 28.7. The van der Waals surface area contributed by atoms with Crippen LogP contribution in [-0.2, 0) is 19.2 Å². The molecule has 20 heteroatoms. The maximum absolute atomic E-state index is 12.8. The average molecular weight is 1480 g/mol. The highest BCUT2D eigenvalue weighted by atomic mass is 35.5. The highest BCUT2D eigenvalue weighted by Gasteiger charge is 2.26. The summed E-state index contributed by atoms with van der Waals surface area (Å²) in [5.41, 5.74) is 17.3. The maximum Gasteiger partial charge on any atom is 0.310 e. The third kappa shape index (κ3) is 22.4. The summed E-state index contributed by atoms with van der Waals surface area (Å²) in [5.74, 6) is 5.05. The standard InChI is InChI=1S/2C21H17NOS.C20H15Cl2NO3S.C20H17NO5S.CH4/c1-15-3-5-16(6-4-15)11-18-13-24-14-19(21(18)23)12-17-7-9-20(22-2)10-8-17;1-15-5-3-6-16(9-15)10-18-13-24-14-19(21(18)23)11-17-7-4-8-20(12-17)22-2;1-12-6-13(2-4-17(12)21)7-15-10-27-11-16(20(15)24)8-14-3-5-18(22)19(9-14)23(25)26;1-12-2-3-13(8-18(12)22)6-15-10-27-11-16(20(15)24)7-14-4-5-17(21(25)26)19(23)9-14;/h2*3-12H,13-14H2,1H3;2-9H,10-11H2,1H3;2-9,22-23H,10-11H2,1H3;1H4/b18-11+,19-12+;18-10+,19-11+;15-7+,16-8+;15-6+,16-7+;. The van der Waals surface area contributed by atoms with Crippen molar-refractivity contribution in [3.05, 3.63) is 334 Å². The molecule has 520 valence electrons. The van der Waals surface area contributed by atoms with Gasteiger partial charge in [-0.15, -0.1) is 0 Å². The van der Waals surface area contributed by atoms with Crippen LogP contribution >= 0.6 is 70.2 Å². The molecule has 0 amide bonds. The van der Waals surface area contributed by atoms with Crippen molar-refractivity contribution >= 4 is 165 Å². The van der Waals surface area contributed by atoms with Crippen molar-refractivity contribution in [1.82, 2.24) is 0 Å². The Morgan fingerprint density at radius 3 is 1.13 bits per heavy atom. The number of Topliss-reactive ketones (excluding diaryl/α,β-unsaturated/α-hetero) is 4. The SMILES string of the molecule is C.Cc1cc(/C=C2\CSC/C(=C\c3ccc(Cl)c([N+](=O)[O-])c3)C2=O)ccc1Cl.Cc1ccc(/C=C2\CSC/C(=C\c3ccc([N+](=O)[O-])c(O)c3)C2=O)cc1O.[C-]#[N+]c1ccc(/C=C2\CSC/C(=C\c3ccc(C)cc3)C2=O)cc1.[C-]#[N+]c1cccc(/C=C2\CSC/C(=C\c3cccc(C)c3)C2=O)c1. The van der Waals surface area contributed by atoms with Gasteiger partial charge in [0.2, 0.25) is 0 Å². The van der Waals surface area contributed by atoms with E-state index in [1.54, 1.807) is 109 Å². The number of carbonyl (C=O) groups excluding carboxylic acids is 4. The predicted molar refractivity (Wildman–Crippen MR) is 430 cm³/mol. The first kappa shape index (κ1) is 78.4. The van der Waals surface area contributed by atoms with Crippen LogP contribution in [0.5, 0.6) is 11.5 Å². The lowest BCUT2D eigenvalue weighted by Gasteiger charge is -2.16. The average Bonchev–Trinajstić information content (AvgIpc) is 0.839. The smallest absolute Gasteiger partial charge is 0.310 e. The largest absolute Gasteiger partial charge is 0.508 e. The molecule has 0 radical (unpaired) electrons. The van der Waals surface area contributed by atoms with Gasteiger partial charge in [0.05, 0.1) is 23.0 Å². The van der Waals surface area contributed by atoms with E-state index in [-0.39, 0.29) is 52.7 Å². The van der Waals surface area contributed by atoms with Crippen LogP contribution in [-0.4, -0.2) is 89.2 Å². The third-order valence-electron chi connectivity index (χ3n) is 16.0. The van der Waals surface area contributed by atoms with Crippen LogP contribution in [0.4, 0.5) is 22.7 Å². The summed E-state index contributed by atoms with van der Waals surface area (Å²) < 4.78 is 0. The van der Waals surface area contributed by atoms with Gasteiger partial charge in [-0.1, -0.05) is 163 Å². The second kappa shape index (κ2) is 37.6. The van der Waals surface area contributed by atoms with Crippen LogP contribution in [0, 0.1) is 61.1 Å². The zero-order valence-electron chi connectivity index (χ0n) is 55.8. The summed E-state index contributed by atoms with van der Waals surface area (Å²) in [4.78, 5) is 78.6. The fourth-order valence-electron chi connectivity index (χ4n) is 10.7. The lowest BCUT2D eigenvalue weighted by atomic mass is 10.00. The highest BCUT2D eigenvalue weighted by molar-refractivity contribution is 8.00. The summed E-state index contributed by atoms with van der Waals surface area (Å²) in [7, 11) is 0. The van der Waals surface area contributed by atoms with Crippen molar-refractivity contribution in [2.24, 2.45) is 0 Å². The van der Waals surface area contributed by atoms with Gasteiger partial charge in [0.1, 0.15) is 10.8 Å². The molecule has 2 N–H and O–H groups in total. The van der Waals surface area contributed by atoms with Gasteiger partial charge in [0, 0.05) is 108 Å². The van der Waals surface area contributed by atoms with E-state index in [1.165, 1.54) is 41.5 Å². The molecule has 0 unspecified atom stereocenters. The summed E-state index contributed by atoms with van der Waals surface area (Å²) in [5, 5.41) is 42.2. The summed E-state index contributed by atoms with van der Waals surface area (Å²) in [6, 6.07) is 50.5. The Balaban J connectivity index is 0.000000174. The van der Waals surface area contributed by atoms with Gasteiger partial charge in [-0.2, -0.15) is 47.0 Å². The molecule has 4 aliphatic heterocycles. The molecule has 103 heavy (non-hydrogen) atoms. The fraction of sp³-hybridized carbons (Fsp3) is 0.157. The Labute approximate surface area is 626 Å². The Bertz CT molecular complexity index is 4980. The first-order chi connectivity index (χ1) is 49.0. The Hall–Kier alpha value is -10.3. The molecule has 0 aliphatic carbocycles. The van der Waals surface area contributed by atoms with Gasteiger partial charge in [-0.05, 0) is 168 Å². The van der Waals surface area contributed by atoms with Crippen LogP contribution in [0.25, 0.3) is 58.3 Å². The van der Waals surface area contributed by atoms with E-state index < -0.39 is 15.6 Å². The van der Waals surface area contributed by atoms with Gasteiger partial charge in [0.25, 0.3) is 5.69 Å². The third-order valence-corrected chi connectivity index (χ3v) is 20.9. The lowest BCUT2D eigenvalue weighted by molar-refractivity contribution is -0.385. The van der Waals surface area contributed by atoms with Crippen LogP contribution < -0.4 is 0 Å². The number of benzene rings is 8. The Kier molecular flexibility index (Phi) is 28.6. The van der Waals surface area contributed by atoms with E-state index in [2.05, 4.69) is 47.8 Å². The zero-order valence-corrected chi connectivity index (χ0v) is 60.6. The number of ketones is 4. The highest BCUT2D eigenvalue weighted by Crippen LogP contribution is 2.35. The molecular weight excluding hydrogens is 1410 g/mol. The van der Waals surface area contributed by atoms with E-state index in [0.29, 0.717) is 78.6 Å². The monoisotopic (exact) mass is 1480 g/mol. The lowest BCUT2D eigenvalue weighted by Crippen LogP contribution is -2.16. The first-order valence-corrected chi connectivity index (χ1v) is 37.1. The van der Waals surface area contributed by atoms with Gasteiger partial charge in [0.15, 0.2) is 40.3 Å². The maximum atomic E-state index is 12.8.